The van der Waals surface area contributed by atoms with E-state index in [1.165, 1.54) is 7.11 Å². The molecule has 2 nitrogen and oxygen atoms in total. The Kier molecular flexibility index (Phi) is 3.32. The highest BCUT2D eigenvalue weighted by Gasteiger charge is 2.06. The molecule has 0 amide bonds. The molecule has 0 aromatic heterocycles. The Bertz CT molecular complexity index is 321. The van der Waals surface area contributed by atoms with E-state index < -0.39 is 0 Å². The Morgan fingerprint density at radius 1 is 1.54 bits per heavy atom. The van der Waals surface area contributed by atoms with Crippen LogP contribution in [0.5, 0.6) is 0 Å². The lowest BCUT2D eigenvalue weighted by molar-refractivity contribution is 0.0600. The molecule has 1 rings (SSSR count). The zero-order valence-electron chi connectivity index (χ0n) is 7.63. The van der Waals surface area contributed by atoms with Crippen molar-refractivity contribution in [3.05, 3.63) is 34.9 Å². The second-order valence-corrected chi connectivity index (χ2v) is 3.03. The predicted octanol–water partition coefficient (Wildman–Crippen LogP) is 2.52. The fourth-order valence-corrected chi connectivity index (χ4v) is 1.39. The smallest absolute Gasteiger partial charge is 0.337 e. The van der Waals surface area contributed by atoms with Gasteiger partial charge in [0.2, 0.25) is 0 Å². The minimum atomic E-state index is -0.316. The van der Waals surface area contributed by atoms with Crippen LogP contribution in [0, 0.1) is 6.92 Å². The summed E-state index contributed by atoms with van der Waals surface area (Å²) < 4.78 is 4.59. The van der Waals surface area contributed by atoms with Crippen molar-refractivity contribution in [3.8, 4) is 0 Å². The maximum Gasteiger partial charge on any atom is 0.337 e. The second-order valence-electron chi connectivity index (χ2n) is 2.77. The zero-order chi connectivity index (χ0) is 9.84. The molecule has 0 aliphatic rings. The number of carbonyl (C=O) groups excluding carboxylic acids is 1. The molecule has 0 aliphatic carbocycles. The van der Waals surface area contributed by atoms with Gasteiger partial charge in [-0.1, -0.05) is 6.07 Å². The fourth-order valence-electron chi connectivity index (χ4n) is 1.09. The van der Waals surface area contributed by atoms with E-state index >= 15 is 0 Å². The summed E-state index contributed by atoms with van der Waals surface area (Å²) in [5.74, 6) is 0.150. The molecule has 0 unspecified atom stereocenters. The van der Waals surface area contributed by atoms with Crippen LogP contribution in [-0.4, -0.2) is 13.1 Å². The SMILES string of the molecule is COC(=O)c1ccc(CCl)c(C)c1. The molecule has 0 saturated heterocycles. The highest BCUT2D eigenvalue weighted by Crippen LogP contribution is 2.13. The molecule has 13 heavy (non-hydrogen) atoms. The van der Waals surface area contributed by atoms with Crippen molar-refractivity contribution in [2.24, 2.45) is 0 Å². The van der Waals surface area contributed by atoms with Gasteiger partial charge in [-0.05, 0) is 30.2 Å². The van der Waals surface area contributed by atoms with E-state index in [1.54, 1.807) is 12.1 Å². The molecule has 70 valence electrons. The number of carbonyl (C=O) groups is 1. The van der Waals surface area contributed by atoms with Crippen molar-refractivity contribution in [1.29, 1.82) is 0 Å². The number of halogens is 1. The standard InChI is InChI=1S/C10H11ClO2/c1-7-5-8(10(12)13-2)3-4-9(7)6-11/h3-5H,6H2,1-2H3. The molecule has 0 atom stereocenters. The third-order valence-electron chi connectivity index (χ3n) is 1.91. The molecule has 0 radical (unpaired) electrons. The van der Waals surface area contributed by atoms with Crippen molar-refractivity contribution in [3.63, 3.8) is 0 Å². The number of rotatable bonds is 2. The molecule has 0 bridgehead atoms. The van der Waals surface area contributed by atoms with Crippen LogP contribution in [0.2, 0.25) is 0 Å². The molecule has 0 N–H and O–H groups in total. The van der Waals surface area contributed by atoms with Crippen molar-refractivity contribution in [2.75, 3.05) is 7.11 Å². The monoisotopic (exact) mass is 198 g/mol. The normalized spacial score (nSPS) is 9.77. The van der Waals surface area contributed by atoms with Gasteiger partial charge in [-0.2, -0.15) is 0 Å². The lowest BCUT2D eigenvalue weighted by Gasteiger charge is -2.04. The maximum atomic E-state index is 11.1. The molecule has 0 aliphatic heterocycles. The quantitative estimate of drug-likeness (QED) is 0.539. The van der Waals surface area contributed by atoms with Crippen LogP contribution in [0.15, 0.2) is 18.2 Å². The first-order chi connectivity index (χ1) is 6.19. The third-order valence-corrected chi connectivity index (χ3v) is 2.20. The van der Waals surface area contributed by atoms with Crippen LogP contribution in [-0.2, 0) is 10.6 Å². The molecular formula is C10H11ClO2. The van der Waals surface area contributed by atoms with E-state index in [4.69, 9.17) is 11.6 Å². The van der Waals surface area contributed by atoms with E-state index in [1.807, 2.05) is 13.0 Å². The summed E-state index contributed by atoms with van der Waals surface area (Å²) in [6, 6.07) is 5.34. The van der Waals surface area contributed by atoms with Gasteiger partial charge in [-0.15, -0.1) is 11.6 Å². The number of hydrogen-bond donors (Lipinski definition) is 0. The first kappa shape index (κ1) is 10.1. The molecule has 1 aromatic rings. The van der Waals surface area contributed by atoms with Gasteiger partial charge in [0.05, 0.1) is 12.7 Å². The fraction of sp³-hybridized carbons (Fsp3) is 0.300. The minimum Gasteiger partial charge on any atom is -0.465 e. The third kappa shape index (κ3) is 2.22. The van der Waals surface area contributed by atoms with Crippen molar-refractivity contribution >= 4 is 17.6 Å². The zero-order valence-corrected chi connectivity index (χ0v) is 8.39. The number of alkyl halides is 1. The van der Waals surface area contributed by atoms with Crippen LogP contribution in [0.25, 0.3) is 0 Å². The average molecular weight is 199 g/mol. The summed E-state index contributed by atoms with van der Waals surface area (Å²) in [4.78, 5) is 11.1. The van der Waals surface area contributed by atoms with Gasteiger partial charge < -0.3 is 4.74 Å². The van der Waals surface area contributed by atoms with E-state index in [2.05, 4.69) is 4.74 Å². The Hall–Kier alpha value is -1.02. The van der Waals surface area contributed by atoms with Crippen LogP contribution in [0.4, 0.5) is 0 Å². The van der Waals surface area contributed by atoms with Gasteiger partial charge >= 0.3 is 5.97 Å². The first-order valence-corrected chi connectivity index (χ1v) is 4.46. The Morgan fingerprint density at radius 2 is 2.23 bits per heavy atom. The van der Waals surface area contributed by atoms with Crippen LogP contribution < -0.4 is 0 Å². The van der Waals surface area contributed by atoms with E-state index in [0.29, 0.717) is 11.4 Å². The molecule has 0 spiro atoms. The highest BCUT2D eigenvalue weighted by molar-refractivity contribution is 6.17. The lowest BCUT2D eigenvalue weighted by Crippen LogP contribution is -2.01. The average Bonchev–Trinajstić information content (AvgIpc) is 2.16. The van der Waals surface area contributed by atoms with Gasteiger partial charge in [0.25, 0.3) is 0 Å². The van der Waals surface area contributed by atoms with Crippen LogP contribution in [0.3, 0.4) is 0 Å². The number of aryl methyl sites for hydroxylation is 1. The number of methoxy groups -OCH3 is 1. The van der Waals surface area contributed by atoms with Crippen molar-refractivity contribution in [2.45, 2.75) is 12.8 Å². The summed E-state index contributed by atoms with van der Waals surface area (Å²) >= 11 is 5.68. The Morgan fingerprint density at radius 3 is 2.69 bits per heavy atom. The maximum absolute atomic E-state index is 11.1. The van der Waals surface area contributed by atoms with Gasteiger partial charge in [-0.3, -0.25) is 0 Å². The van der Waals surface area contributed by atoms with Gasteiger partial charge in [0.1, 0.15) is 0 Å². The summed E-state index contributed by atoms with van der Waals surface area (Å²) in [5, 5.41) is 0. The molecular weight excluding hydrogens is 188 g/mol. The topological polar surface area (TPSA) is 26.3 Å². The molecule has 0 heterocycles. The van der Waals surface area contributed by atoms with E-state index in [-0.39, 0.29) is 5.97 Å². The number of ether oxygens (including phenoxy) is 1. The minimum absolute atomic E-state index is 0.316. The summed E-state index contributed by atoms with van der Waals surface area (Å²) in [6.07, 6.45) is 0. The summed E-state index contributed by atoms with van der Waals surface area (Å²) in [5.41, 5.74) is 2.61. The van der Waals surface area contributed by atoms with Crippen LogP contribution >= 0.6 is 11.6 Å². The molecule has 0 saturated carbocycles. The number of hydrogen-bond acceptors (Lipinski definition) is 2. The largest absolute Gasteiger partial charge is 0.465 e. The van der Waals surface area contributed by atoms with E-state index in [9.17, 15) is 4.79 Å². The number of esters is 1. The first-order valence-electron chi connectivity index (χ1n) is 3.93. The summed E-state index contributed by atoms with van der Waals surface area (Å²) in [6.45, 7) is 1.92. The molecule has 1 aromatic carbocycles. The molecule has 0 fully saturated rings. The predicted molar refractivity (Wildman–Crippen MR) is 52.1 cm³/mol. The number of benzene rings is 1. The van der Waals surface area contributed by atoms with E-state index in [0.717, 1.165) is 11.1 Å². The second kappa shape index (κ2) is 4.28. The molecule has 3 heteroatoms. The Labute approximate surface area is 82.5 Å². The van der Waals surface area contributed by atoms with Crippen molar-refractivity contribution < 1.29 is 9.53 Å². The van der Waals surface area contributed by atoms with Crippen LogP contribution in [0.1, 0.15) is 21.5 Å². The van der Waals surface area contributed by atoms with Gasteiger partial charge in [0, 0.05) is 5.88 Å². The Balaban J connectivity index is 3.02. The summed E-state index contributed by atoms with van der Waals surface area (Å²) in [7, 11) is 1.37. The highest BCUT2D eigenvalue weighted by atomic mass is 35.5. The van der Waals surface area contributed by atoms with Gasteiger partial charge in [-0.25, -0.2) is 4.79 Å². The lowest BCUT2D eigenvalue weighted by atomic mass is 10.1. The van der Waals surface area contributed by atoms with Crippen molar-refractivity contribution in [1.82, 2.24) is 0 Å². The van der Waals surface area contributed by atoms with Gasteiger partial charge in [0.15, 0.2) is 0 Å².